The smallest absolute Gasteiger partial charge is 0.0809 e. The maximum Gasteiger partial charge on any atom is 0.140 e. The Kier molecular flexibility index (Phi) is 2.21. The lowest BCUT2D eigenvalue weighted by Gasteiger charge is -2.22. The van der Waals surface area contributed by atoms with Gasteiger partial charge in [0.2, 0.25) is 0 Å². The van der Waals surface area contributed by atoms with Gasteiger partial charge < -0.3 is 0 Å². The molecule has 1 aliphatic carbocycles. The Hall–Kier alpha value is -2.02. The van der Waals surface area contributed by atoms with Gasteiger partial charge >= 0.3 is 0 Å². The van der Waals surface area contributed by atoms with Gasteiger partial charge in [-0.25, -0.2) is 0 Å². The highest BCUT2D eigenvalue weighted by Gasteiger charge is 2.36. The third kappa shape index (κ3) is 1.33. The van der Waals surface area contributed by atoms with Crippen molar-refractivity contribution in [2.45, 2.75) is 19.3 Å². The summed E-state index contributed by atoms with van der Waals surface area (Å²) in [6.07, 6.45) is 0. The lowest BCUT2D eigenvalue weighted by molar-refractivity contribution is 0.661. The average molecular weight is 256 g/mol. The van der Waals surface area contributed by atoms with E-state index >= 15 is 0 Å². The summed E-state index contributed by atoms with van der Waals surface area (Å²) >= 11 is 0. The number of benzene rings is 3. The van der Waals surface area contributed by atoms with Crippen molar-refractivity contribution in [1.29, 1.82) is 0 Å². The lowest BCUT2D eigenvalue weighted by atomic mass is 9.78. The van der Waals surface area contributed by atoms with Crippen LogP contribution in [0.5, 0.6) is 0 Å². The van der Waals surface area contributed by atoms with Crippen LogP contribution in [0.2, 0.25) is 0 Å². The summed E-state index contributed by atoms with van der Waals surface area (Å²) in [5.41, 5.74) is 7.23. The topological polar surface area (TPSA) is 0 Å². The molecular weight excluding hydrogens is 239 g/mol. The van der Waals surface area contributed by atoms with Crippen LogP contribution >= 0.6 is 0 Å². The van der Waals surface area contributed by atoms with E-state index in [0.717, 1.165) is 0 Å². The largest absolute Gasteiger partial charge is 0.140 e. The highest BCUT2D eigenvalue weighted by Crippen LogP contribution is 2.50. The molecule has 3 aromatic rings. The summed E-state index contributed by atoms with van der Waals surface area (Å²) < 4.78 is 0. The first-order valence-corrected chi connectivity index (χ1v) is 7.23. The van der Waals surface area contributed by atoms with Gasteiger partial charge in [-0.15, -0.1) is 0 Å². The van der Waals surface area contributed by atoms with Gasteiger partial charge in [0.25, 0.3) is 0 Å². The molecule has 4 rings (SSSR count). The Bertz CT molecular complexity index is 844. The SMILES string of the molecule is Bc1cc2c(c3ccccc13)-c1ccccc1C2(C)C. The molecule has 20 heavy (non-hydrogen) atoms. The molecule has 0 aliphatic heterocycles. The van der Waals surface area contributed by atoms with E-state index in [4.69, 9.17) is 0 Å². The monoisotopic (exact) mass is 256 g/mol. The van der Waals surface area contributed by atoms with E-state index in [1.165, 1.54) is 38.5 Å². The van der Waals surface area contributed by atoms with Gasteiger partial charge in [0.05, 0.1) is 0 Å². The maximum atomic E-state index is 2.39. The van der Waals surface area contributed by atoms with Gasteiger partial charge in [-0.05, 0) is 33.0 Å². The number of rotatable bonds is 0. The molecule has 1 heteroatoms. The molecule has 0 N–H and O–H groups in total. The third-order valence-corrected chi connectivity index (χ3v) is 4.79. The predicted molar refractivity (Wildman–Crippen MR) is 89.7 cm³/mol. The van der Waals surface area contributed by atoms with Crippen LogP contribution in [0.25, 0.3) is 21.9 Å². The lowest BCUT2D eigenvalue weighted by Crippen LogP contribution is -2.18. The molecule has 3 aromatic carbocycles. The van der Waals surface area contributed by atoms with E-state index in [1.54, 1.807) is 0 Å². The molecule has 0 aromatic heterocycles. The molecule has 0 unspecified atom stereocenters. The third-order valence-electron chi connectivity index (χ3n) is 4.79. The van der Waals surface area contributed by atoms with E-state index in [0.29, 0.717) is 0 Å². The Labute approximate surface area is 120 Å². The first-order chi connectivity index (χ1) is 9.60. The summed E-state index contributed by atoms with van der Waals surface area (Å²) in [5, 5.41) is 2.76. The van der Waals surface area contributed by atoms with Gasteiger partial charge in [-0.3, -0.25) is 0 Å². The van der Waals surface area contributed by atoms with E-state index in [2.05, 4.69) is 76.3 Å². The highest BCUT2D eigenvalue weighted by atomic mass is 14.4. The van der Waals surface area contributed by atoms with E-state index in [9.17, 15) is 0 Å². The Morgan fingerprint density at radius 2 is 1.45 bits per heavy atom. The zero-order valence-corrected chi connectivity index (χ0v) is 12.2. The second-order valence-corrected chi connectivity index (χ2v) is 6.33. The van der Waals surface area contributed by atoms with Crippen LogP contribution in [0.1, 0.15) is 25.0 Å². The summed E-state index contributed by atoms with van der Waals surface area (Å²) in [7, 11) is 2.22. The first kappa shape index (κ1) is 11.8. The number of hydrogen-bond acceptors (Lipinski definition) is 0. The predicted octanol–water partition coefficient (Wildman–Crippen LogP) is 3.40. The summed E-state index contributed by atoms with van der Waals surface area (Å²) in [6, 6.07) is 20.0. The molecule has 0 spiro atoms. The van der Waals surface area contributed by atoms with Crippen molar-refractivity contribution >= 4 is 24.1 Å². The fraction of sp³-hybridized carbons (Fsp3) is 0.158. The number of fused-ring (bicyclic) bond motifs is 5. The first-order valence-electron chi connectivity index (χ1n) is 7.23. The molecule has 0 fully saturated rings. The van der Waals surface area contributed by atoms with Crippen molar-refractivity contribution in [2.75, 3.05) is 0 Å². The summed E-state index contributed by atoms with van der Waals surface area (Å²) in [5.74, 6) is 0. The molecule has 0 saturated heterocycles. The highest BCUT2D eigenvalue weighted by molar-refractivity contribution is 6.39. The van der Waals surface area contributed by atoms with Crippen LogP contribution in [0.3, 0.4) is 0 Å². The quantitative estimate of drug-likeness (QED) is 0.541. The molecule has 0 amide bonds. The molecule has 96 valence electrons. The number of hydrogen-bond donors (Lipinski definition) is 0. The van der Waals surface area contributed by atoms with E-state index in [1.807, 2.05) is 0 Å². The normalized spacial score (nSPS) is 15.1. The van der Waals surface area contributed by atoms with Crippen LogP contribution in [-0.2, 0) is 5.41 Å². The fourth-order valence-corrected chi connectivity index (χ4v) is 3.73. The van der Waals surface area contributed by atoms with Crippen LogP contribution in [-0.4, -0.2) is 7.85 Å². The van der Waals surface area contributed by atoms with Crippen molar-refractivity contribution in [1.82, 2.24) is 0 Å². The van der Waals surface area contributed by atoms with Crippen LogP contribution in [0.15, 0.2) is 54.6 Å². The van der Waals surface area contributed by atoms with Crippen molar-refractivity contribution in [2.24, 2.45) is 0 Å². The molecule has 0 nitrogen and oxygen atoms in total. The standard InChI is InChI=1S/C19H17B/c1-19(2)15-10-6-5-9-14(15)18-13-8-4-3-7-12(13)17(20)11-16(18)19/h3-11H,20H2,1-2H3. The van der Waals surface area contributed by atoms with Gasteiger partial charge in [0.1, 0.15) is 7.85 Å². The molecular formula is C19H17B. The Morgan fingerprint density at radius 1 is 0.800 bits per heavy atom. The fourth-order valence-electron chi connectivity index (χ4n) is 3.73. The minimum Gasteiger partial charge on any atom is -0.0809 e. The van der Waals surface area contributed by atoms with Crippen LogP contribution < -0.4 is 5.46 Å². The minimum absolute atomic E-state index is 0.0979. The van der Waals surface area contributed by atoms with Gasteiger partial charge in [0.15, 0.2) is 0 Å². The Morgan fingerprint density at radius 3 is 2.25 bits per heavy atom. The van der Waals surface area contributed by atoms with Crippen molar-refractivity contribution < 1.29 is 0 Å². The van der Waals surface area contributed by atoms with Crippen molar-refractivity contribution in [3.8, 4) is 11.1 Å². The molecule has 0 bridgehead atoms. The van der Waals surface area contributed by atoms with Gasteiger partial charge in [-0.2, -0.15) is 0 Å². The van der Waals surface area contributed by atoms with Crippen molar-refractivity contribution in [3.05, 3.63) is 65.7 Å². The molecule has 0 saturated carbocycles. The summed E-state index contributed by atoms with van der Waals surface area (Å²) in [6.45, 7) is 4.68. The molecule has 0 heterocycles. The van der Waals surface area contributed by atoms with Gasteiger partial charge in [0, 0.05) is 5.41 Å². The Balaban J connectivity index is 2.25. The van der Waals surface area contributed by atoms with E-state index in [-0.39, 0.29) is 5.41 Å². The average Bonchev–Trinajstić information content (AvgIpc) is 2.69. The molecule has 0 atom stereocenters. The van der Waals surface area contributed by atoms with E-state index < -0.39 is 0 Å². The minimum atomic E-state index is 0.0979. The molecule has 0 radical (unpaired) electrons. The van der Waals surface area contributed by atoms with Gasteiger partial charge in [-0.1, -0.05) is 73.9 Å². The second kappa shape index (κ2) is 3.76. The zero-order chi connectivity index (χ0) is 13.9. The second-order valence-electron chi connectivity index (χ2n) is 6.33. The van der Waals surface area contributed by atoms with Crippen LogP contribution in [0.4, 0.5) is 0 Å². The molecule has 1 aliphatic rings. The van der Waals surface area contributed by atoms with Crippen molar-refractivity contribution in [3.63, 3.8) is 0 Å². The zero-order valence-electron chi connectivity index (χ0n) is 12.2. The summed E-state index contributed by atoms with van der Waals surface area (Å²) in [4.78, 5) is 0. The maximum absolute atomic E-state index is 2.39. The van der Waals surface area contributed by atoms with Crippen LogP contribution in [0, 0.1) is 0 Å².